The van der Waals surface area contributed by atoms with Crippen molar-refractivity contribution in [1.82, 2.24) is 50.2 Å². The number of nitrogens with zero attached hydrogens (tertiary/aromatic N) is 10. The molecule has 18 nitrogen and oxygen atoms in total. The number of rotatable bonds is 10. The van der Waals surface area contributed by atoms with Gasteiger partial charge in [-0.25, -0.2) is 24.7 Å². The Bertz CT molecular complexity index is 2660. The molecule has 0 unspecified atom stereocenters. The zero-order chi connectivity index (χ0) is 40.6. The summed E-state index contributed by atoms with van der Waals surface area (Å²) in [7, 11) is 0. The van der Waals surface area contributed by atoms with Gasteiger partial charge >= 0.3 is 5.97 Å². The number of ketones is 1. The van der Waals surface area contributed by atoms with Gasteiger partial charge in [0.2, 0.25) is 0 Å². The molecular formula is C41H41N13O5. The fourth-order valence-electron chi connectivity index (χ4n) is 7.18. The number of nitrogens with one attached hydrogen (secondary N) is 2. The van der Waals surface area contributed by atoms with Crippen LogP contribution in [0.4, 0.5) is 11.6 Å². The first-order chi connectivity index (χ1) is 29.0. The fraction of sp³-hybridized carbons (Fsp3) is 0.268. The molecule has 0 aromatic carbocycles. The number of hydrogen-bond donors (Lipinski definition) is 4. The molecule has 0 saturated carbocycles. The molecule has 0 bridgehead atoms. The lowest BCUT2D eigenvalue weighted by Crippen LogP contribution is -2.31. The van der Waals surface area contributed by atoms with Crippen molar-refractivity contribution in [3.63, 3.8) is 0 Å². The lowest BCUT2D eigenvalue weighted by Gasteiger charge is -2.27. The number of aromatic carboxylic acids is 1. The summed E-state index contributed by atoms with van der Waals surface area (Å²) in [6.45, 7) is 3.09. The minimum absolute atomic E-state index is 0.0160. The Kier molecular flexibility index (Phi) is 11.7. The summed E-state index contributed by atoms with van der Waals surface area (Å²) >= 11 is 0. The molecule has 59 heavy (non-hydrogen) atoms. The van der Waals surface area contributed by atoms with Gasteiger partial charge in [-0.15, -0.1) is 0 Å². The van der Waals surface area contributed by atoms with Gasteiger partial charge in [-0.05, 0) is 55.8 Å². The van der Waals surface area contributed by atoms with E-state index in [1.165, 1.54) is 6.33 Å². The van der Waals surface area contributed by atoms with Gasteiger partial charge in [0.25, 0.3) is 0 Å². The number of anilines is 2. The Morgan fingerprint density at radius 1 is 0.695 bits per heavy atom. The molecule has 2 aliphatic rings. The van der Waals surface area contributed by atoms with E-state index in [0.29, 0.717) is 62.5 Å². The summed E-state index contributed by atoms with van der Waals surface area (Å²) in [6.07, 6.45) is 14.4. The predicted octanol–water partition coefficient (Wildman–Crippen LogP) is 4.90. The van der Waals surface area contributed by atoms with Gasteiger partial charge in [0.15, 0.2) is 17.2 Å². The molecule has 0 fully saturated rings. The van der Waals surface area contributed by atoms with E-state index in [0.717, 1.165) is 82.2 Å². The van der Waals surface area contributed by atoms with Gasteiger partial charge in [-0.3, -0.25) is 14.8 Å². The minimum atomic E-state index is -1.07. The van der Waals surface area contributed by atoms with Crippen molar-refractivity contribution in [2.75, 3.05) is 29.4 Å². The standard InChI is InChI=1S/C21H20N6O2.C13H11N5O3.C7H10N2/c28-17(6-3-5-14-4-1-2-9-22-14)19-16-12-27(11-8-18(16)29-26-19)21-15-7-10-23-20(15)24-13-25-21;19-13(20)10-8-5-18(4-2-9(8)21-17-10)12-7-1-3-14-11(7)15-6-16-12;8-5-4-7-3-1-2-6-9-7/h1-2,4,7,9-10,13H,3,5-6,8,11-12H2,(H,23,24,25);1,3,6H,2,4-5H2,(H,19,20)(H,14,15,16);1-3,6H,4-5,8H2. The number of carboxylic acids is 1. The highest BCUT2D eigenvalue weighted by Gasteiger charge is 2.30. The number of nitrogens with two attached hydrogens (primary N) is 1. The van der Waals surface area contributed by atoms with Crippen LogP contribution in [0.15, 0.2) is 95.0 Å². The van der Waals surface area contributed by atoms with Crippen LogP contribution in [-0.4, -0.2) is 86.7 Å². The van der Waals surface area contributed by atoms with E-state index < -0.39 is 5.97 Å². The summed E-state index contributed by atoms with van der Waals surface area (Å²) in [5.41, 5.74) is 10.9. The molecule has 300 valence electrons. The molecule has 0 radical (unpaired) electrons. The van der Waals surface area contributed by atoms with E-state index >= 15 is 0 Å². The molecule has 8 aromatic heterocycles. The number of pyridine rings is 2. The molecule has 10 rings (SSSR count). The van der Waals surface area contributed by atoms with Crippen LogP contribution in [0.1, 0.15) is 67.9 Å². The van der Waals surface area contributed by atoms with Crippen molar-refractivity contribution >= 4 is 45.5 Å². The lowest BCUT2D eigenvalue weighted by atomic mass is 10.0. The van der Waals surface area contributed by atoms with Gasteiger partial charge in [0.1, 0.15) is 47.1 Å². The maximum atomic E-state index is 12.8. The third-order valence-electron chi connectivity index (χ3n) is 10.1. The number of aromatic nitrogens is 10. The van der Waals surface area contributed by atoms with Crippen LogP contribution in [0.5, 0.6) is 0 Å². The molecule has 0 spiro atoms. The first kappa shape index (κ1) is 38.5. The van der Waals surface area contributed by atoms with Crippen molar-refractivity contribution in [3.05, 3.63) is 131 Å². The van der Waals surface area contributed by atoms with Crippen molar-refractivity contribution in [2.24, 2.45) is 5.73 Å². The molecule has 8 aromatic rings. The summed E-state index contributed by atoms with van der Waals surface area (Å²) in [6, 6.07) is 15.6. The van der Waals surface area contributed by atoms with E-state index in [2.05, 4.69) is 55.1 Å². The first-order valence-electron chi connectivity index (χ1n) is 19.2. The van der Waals surface area contributed by atoms with Crippen LogP contribution in [-0.2, 0) is 38.8 Å². The maximum Gasteiger partial charge on any atom is 0.358 e. The second-order valence-corrected chi connectivity index (χ2v) is 13.8. The van der Waals surface area contributed by atoms with Crippen LogP contribution in [0.25, 0.3) is 22.1 Å². The normalized spacial score (nSPS) is 13.2. The number of carbonyl (C=O) groups is 2. The van der Waals surface area contributed by atoms with E-state index in [9.17, 15) is 9.59 Å². The smallest absolute Gasteiger partial charge is 0.358 e. The number of carbonyl (C=O) groups excluding carboxylic acids is 1. The number of aryl methyl sites for hydroxylation is 1. The Morgan fingerprint density at radius 3 is 1.76 bits per heavy atom. The van der Waals surface area contributed by atoms with Crippen LogP contribution in [0.3, 0.4) is 0 Å². The number of fused-ring (bicyclic) bond motifs is 4. The Morgan fingerprint density at radius 2 is 1.24 bits per heavy atom. The monoisotopic (exact) mass is 795 g/mol. The zero-order valence-corrected chi connectivity index (χ0v) is 32.0. The molecule has 0 saturated heterocycles. The SMILES string of the molecule is NCCc1ccccn1.O=C(CCCc1ccccn1)c1noc2c1CN(c1ncnc3[nH]ccc13)CC2.O=C(O)c1noc2c1CN(c1ncnc3[nH]ccc13)CC2. The third kappa shape index (κ3) is 8.66. The van der Waals surface area contributed by atoms with Crippen LogP contribution >= 0.6 is 0 Å². The van der Waals surface area contributed by atoms with Crippen molar-refractivity contribution < 1.29 is 23.7 Å². The third-order valence-corrected chi connectivity index (χ3v) is 10.1. The minimum Gasteiger partial charge on any atom is -0.476 e. The topological polar surface area (TPSA) is 248 Å². The van der Waals surface area contributed by atoms with Gasteiger partial charge in [-0.1, -0.05) is 22.4 Å². The lowest BCUT2D eigenvalue weighted by molar-refractivity contribution is 0.0684. The first-order valence-corrected chi connectivity index (χ1v) is 19.2. The molecule has 10 heterocycles. The van der Waals surface area contributed by atoms with Gasteiger partial charge < -0.3 is 39.7 Å². The van der Waals surface area contributed by atoms with Crippen molar-refractivity contribution in [1.29, 1.82) is 0 Å². The van der Waals surface area contributed by atoms with Gasteiger partial charge in [-0.2, -0.15) is 0 Å². The van der Waals surface area contributed by atoms with Crippen LogP contribution in [0.2, 0.25) is 0 Å². The molecule has 0 atom stereocenters. The predicted molar refractivity (Wildman–Crippen MR) is 216 cm³/mol. The number of H-pyrrole nitrogens is 2. The van der Waals surface area contributed by atoms with E-state index in [4.69, 9.17) is 19.9 Å². The highest BCUT2D eigenvalue weighted by Crippen LogP contribution is 2.31. The maximum absolute atomic E-state index is 12.8. The van der Waals surface area contributed by atoms with Gasteiger partial charge in [0, 0.05) is 86.1 Å². The second kappa shape index (κ2) is 17.9. The Balaban J connectivity index is 0.000000140. The van der Waals surface area contributed by atoms with E-state index in [-0.39, 0.29) is 11.5 Å². The fourth-order valence-corrected chi connectivity index (χ4v) is 7.18. The highest BCUT2D eigenvalue weighted by atomic mass is 16.5. The highest BCUT2D eigenvalue weighted by molar-refractivity contribution is 5.96. The second-order valence-electron chi connectivity index (χ2n) is 13.8. The van der Waals surface area contributed by atoms with Crippen LogP contribution < -0.4 is 15.5 Å². The number of carboxylic acid groups (broad SMARTS) is 1. The quantitative estimate of drug-likeness (QED) is 0.134. The van der Waals surface area contributed by atoms with Crippen LogP contribution in [0, 0.1) is 0 Å². The average Bonchev–Trinajstić information content (AvgIpc) is 4.11. The number of aromatic amines is 2. The van der Waals surface area contributed by atoms with Gasteiger partial charge in [0.05, 0.1) is 23.9 Å². The zero-order valence-electron chi connectivity index (χ0n) is 32.0. The van der Waals surface area contributed by atoms with E-state index in [1.54, 1.807) is 24.9 Å². The summed E-state index contributed by atoms with van der Waals surface area (Å²) in [5.74, 6) is 2.02. The molecule has 18 heteroatoms. The van der Waals surface area contributed by atoms with E-state index in [1.807, 2.05) is 59.6 Å². The number of Topliss-reactive ketones (excluding diaryl/α,β-unsaturated/α-hetero) is 1. The summed E-state index contributed by atoms with van der Waals surface area (Å²) in [5, 5.41) is 18.8. The largest absolute Gasteiger partial charge is 0.476 e. The Hall–Kier alpha value is -7.34. The molecule has 5 N–H and O–H groups in total. The van der Waals surface area contributed by atoms with Crippen molar-refractivity contribution in [2.45, 2.75) is 51.6 Å². The molecule has 0 aliphatic carbocycles. The average molecular weight is 796 g/mol. The number of hydrogen-bond acceptors (Lipinski definition) is 15. The summed E-state index contributed by atoms with van der Waals surface area (Å²) < 4.78 is 10.6. The molecular weight excluding hydrogens is 755 g/mol. The summed E-state index contributed by atoms with van der Waals surface area (Å²) in [4.78, 5) is 59.9. The molecule has 2 aliphatic heterocycles. The molecule has 0 amide bonds. The van der Waals surface area contributed by atoms with Crippen molar-refractivity contribution in [3.8, 4) is 0 Å². The Labute approximate surface area is 336 Å².